The van der Waals surface area contributed by atoms with Gasteiger partial charge < -0.3 is 20.3 Å². The summed E-state index contributed by atoms with van der Waals surface area (Å²) in [7, 11) is 3.02. The van der Waals surface area contributed by atoms with Gasteiger partial charge in [-0.3, -0.25) is 14.4 Å². The number of hydrogen-bond acceptors (Lipinski definition) is 4. The maximum absolute atomic E-state index is 12.7. The summed E-state index contributed by atoms with van der Waals surface area (Å²) in [4.78, 5) is 38.6. The Labute approximate surface area is 190 Å². The number of methoxy groups -OCH3 is 1. The van der Waals surface area contributed by atoms with Gasteiger partial charge in [-0.15, -0.1) is 0 Å². The molecule has 0 spiro atoms. The lowest BCUT2D eigenvalue weighted by Gasteiger charge is -2.18. The van der Waals surface area contributed by atoms with E-state index in [0.29, 0.717) is 33.3 Å². The number of amides is 3. The van der Waals surface area contributed by atoms with Crippen LogP contribution in [0.4, 0.5) is 11.4 Å². The molecule has 0 aliphatic rings. The van der Waals surface area contributed by atoms with Gasteiger partial charge in [0.2, 0.25) is 5.91 Å². The van der Waals surface area contributed by atoms with Gasteiger partial charge in [0.15, 0.2) is 0 Å². The molecule has 0 fully saturated rings. The van der Waals surface area contributed by atoms with E-state index in [1.807, 2.05) is 6.07 Å². The molecule has 0 atom stereocenters. The second kappa shape index (κ2) is 10.5. The summed E-state index contributed by atoms with van der Waals surface area (Å²) in [5.74, 6) is -0.507. The molecule has 0 aliphatic carbocycles. The molecular formula is C24H22ClN3O4. The smallest absolute Gasteiger partial charge is 0.255 e. The normalized spacial score (nSPS) is 10.2. The van der Waals surface area contributed by atoms with E-state index in [9.17, 15) is 14.4 Å². The van der Waals surface area contributed by atoms with Gasteiger partial charge in [-0.2, -0.15) is 0 Å². The van der Waals surface area contributed by atoms with Crippen LogP contribution in [0.2, 0.25) is 5.02 Å². The van der Waals surface area contributed by atoms with Crippen LogP contribution < -0.4 is 15.4 Å². The second-order valence-electron chi connectivity index (χ2n) is 6.95. The highest BCUT2D eigenvalue weighted by Gasteiger charge is 2.16. The van der Waals surface area contributed by atoms with Crippen LogP contribution in [0.3, 0.4) is 0 Å². The van der Waals surface area contributed by atoms with Gasteiger partial charge >= 0.3 is 0 Å². The van der Waals surface area contributed by atoms with Gasteiger partial charge in [0.1, 0.15) is 5.75 Å². The Balaban J connectivity index is 1.59. The van der Waals surface area contributed by atoms with Crippen LogP contribution in [0.15, 0.2) is 72.8 Å². The van der Waals surface area contributed by atoms with E-state index >= 15 is 0 Å². The van der Waals surface area contributed by atoms with Crippen molar-refractivity contribution in [2.24, 2.45) is 0 Å². The predicted molar refractivity (Wildman–Crippen MR) is 124 cm³/mol. The number of benzene rings is 3. The molecule has 0 aliphatic heterocycles. The molecule has 0 bridgehead atoms. The number of carbonyl (C=O) groups excluding carboxylic acids is 3. The highest BCUT2D eigenvalue weighted by Crippen LogP contribution is 2.27. The summed E-state index contributed by atoms with van der Waals surface area (Å²) in [5, 5.41) is 5.92. The topological polar surface area (TPSA) is 87.7 Å². The number of hydrogen-bond donors (Lipinski definition) is 2. The first-order valence-electron chi connectivity index (χ1n) is 9.72. The van der Waals surface area contributed by atoms with Crippen molar-refractivity contribution >= 4 is 40.7 Å². The first-order valence-corrected chi connectivity index (χ1v) is 10.1. The van der Waals surface area contributed by atoms with Crippen LogP contribution in [-0.2, 0) is 4.79 Å². The molecule has 164 valence electrons. The van der Waals surface area contributed by atoms with Crippen LogP contribution in [-0.4, -0.2) is 43.3 Å². The van der Waals surface area contributed by atoms with Crippen LogP contribution in [0.5, 0.6) is 5.75 Å². The molecule has 0 saturated carbocycles. The summed E-state index contributed by atoms with van der Waals surface area (Å²) in [6.07, 6.45) is 0. The number of likely N-dealkylation sites (N-methyl/N-ethyl adjacent to an activating group) is 1. The molecule has 3 rings (SSSR count). The molecule has 0 saturated heterocycles. The zero-order chi connectivity index (χ0) is 23.1. The lowest BCUT2D eigenvalue weighted by atomic mass is 10.1. The van der Waals surface area contributed by atoms with Crippen molar-refractivity contribution < 1.29 is 19.1 Å². The lowest BCUT2D eigenvalue weighted by molar-refractivity contribution is -0.116. The molecule has 3 amide bonds. The number of carbonyl (C=O) groups is 3. The Morgan fingerprint density at radius 3 is 2.25 bits per heavy atom. The fraction of sp³-hybridized carbons (Fsp3) is 0.125. The van der Waals surface area contributed by atoms with Gasteiger partial charge in [-0.05, 0) is 54.6 Å². The summed E-state index contributed by atoms with van der Waals surface area (Å²) in [5.41, 5.74) is 1.90. The van der Waals surface area contributed by atoms with Gasteiger partial charge in [0, 0.05) is 28.9 Å². The summed E-state index contributed by atoms with van der Waals surface area (Å²) in [6, 6.07) is 20.2. The summed E-state index contributed by atoms with van der Waals surface area (Å²) in [6.45, 7) is -0.166. The standard InChI is InChI=1S/C24H22ClN3O4/c1-28(15-22(29)27-20-14-18(25)10-13-21(20)32-2)24(31)17-8-11-19(12-9-17)26-23(30)16-6-4-3-5-7-16/h3-14H,15H2,1-2H3,(H,26,30)(H,27,29). The van der Waals surface area contributed by atoms with Gasteiger partial charge in [0.05, 0.1) is 19.3 Å². The average Bonchev–Trinajstić information content (AvgIpc) is 2.79. The van der Waals surface area contributed by atoms with E-state index in [4.69, 9.17) is 16.3 Å². The average molecular weight is 452 g/mol. The minimum absolute atomic E-state index is 0.166. The van der Waals surface area contributed by atoms with E-state index in [1.54, 1.807) is 66.7 Å². The fourth-order valence-electron chi connectivity index (χ4n) is 2.96. The Bertz CT molecular complexity index is 1120. The minimum atomic E-state index is -0.395. The maximum Gasteiger partial charge on any atom is 0.255 e. The van der Waals surface area contributed by atoms with Crippen molar-refractivity contribution in [3.8, 4) is 5.75 Å². The van der Waals surface area contributed by atoms with Crippen molar-refractivity contribution in [1.29, 1.82) is 0 Å². The molecular weight excluding hydrogens is 430 g/mol. The number of rotatable bonds is 7. The monoisotopic (exact) mass is 451 g/mol. The third kappa shape index (κ3) is 5.86. The highest BCUT2D eigenvalue weighted by molar-refractivity contribution is 6.31. The van der Waals surface area contributed by atoms with Crippen LogP contribution in [0.1, 0.15) is 20.7 Å². The van der Waals surface area contributed by atoms with E-state index in [0.717, 1.165) is 0 Å². The number of halogens is 1. The molecule has 32 heavy (non-hydrogen) atoms. The van der Waals surface area contributed by atoms with E-state index in [1.165, 1.54) is 19.1 Å². The van der Waals surface area contributed by atoms with Gasteiger partial charge in [-0.1, -0.05) is 29.8 Å². The fourth-order valence-corrected chi connectivity index (χ4v) is 3.14. The molecule has 0 unspecified atom stereocenters. The third-order valence-electron chi connectivity index (χ3n) is 4.59. The predicted octanol–water partition coefficient (Wildman–Crippen LogP) is 4.31. The number of anilines is 2. The third-order valence-corrected chi connectivity index (χ3v) is 4.82. The summed E-state index contributed by atoms with van der Waals surface area (Å²) >= 11 is 5.97. The van der Waals surface area contributed by atoms with Crippen molar-refractivity contribution in [1.82, 2.24) is 4.90 Å². The molecule has 2 N–H and O–H groups in total. The zero-order valence-corrected chi connectivity index (χ0v) is 18.3. The largest absolute Gasteiger partial charge is 0.495 e. The minimum Gasteiger partial charge on any atom is -0.495 e. The van der Waals surface area contributed by atoms with Gasteiger partial charge in [-0.25, -0.2) is 0 Å². The first-order chi connectivity index (χ1) is 15.4. The van der Waals surface area contributed by atoms with Crippen molar-refractivity contribution in [2.45, 2.75) is 0 Å². The van der Waals surface area contributed by atoms with Gasteiger partial charge in [0.25, 0.3) is 11.8 Å². The Hall–Kier alpha value is -3.84. The molecule has 3 aromatic rings. The molecule has 0 aromatic heterocycles. The van der Waals surface area contributed by atoms with Crippen LogP contribution in [0.25, 0.3) is 0 Å². The van der Waals surface area contributed by atoms with E-state index in [2.05, 4.69) is 10.6 Å². The Morgan fingerprint density at radius 1 is 0.906 bits per heavy atom. The van der Waals surface area contributed by atoms with Crippen LogP contribution >= 0.6 is 11.6 Å². The van der Waals surface area contributed by atoms with Crippen molar-refractivity contribution in [2.75, 3.05) is 31.3 Å². The van der Waals surface area contributed by atoms with E-state index in [-0.39, 0.29) is 18.4 Å². The molecule has 8 heteroatoms. The van der Waals surface area contributed by atoms with Crippen molar-refractivity contribution in [3.63, 3.8) is 0 Å². The molecule has 3 aromatic carbocycles. The van der Waals surface area contributed by atoms with Crippen LogP contribution in [0, 0.1) is 0 Å². The highest BCUT2D eigenvalue weighted by atomic mass is 35.5. The SMILES string of the molecule is COc1ccc(Cl)cc1NC(=O)CN(C)C(=O)c1ccc(NC(=O)c2ccccc2)cc1. The van der Waals surface area contributed by atoms with Crippen molar-refractivity contribution in [3.05, 3.63) is 88.9 Å². The Morgan fingerprint density at radius 2 is 1.59 bits per heavy atom. The zero-order valence-electron chi connectivity index (χ0n) is 17.6. The second-order valence-corrected chi connectivity index (χ2v) is 7.39. The first kappa shape index (κ1) is 22.8. The molecule has 7 nitrogen and oxygen atoms in total. The Kier molecular flexibility index (Phi) is 7.46. The van der Waals surface area contributed by atoms with E-state index < -0.39 is 5.91 Å². The quantitative estimate of drug-likeness (QED) is 0.560. The number of ether oxygens (including phenoxy) is 1. The number of nitrogens with one attached hydrogen (secondary N) is 2. The maximum atomic E-state index is 12.7. The molecule has 0 heterocycles. The molecule has 0 radical (unpaired) electrons. The lowest BCUT2D eigenvalue weighted by Crippen LogP contribution is -2.35. The summed E-state index contributed by atoms with van der Waals surface area (Å²) < 4.78 is 5.21. The number of nitrogens with zero attached hydrogens (tertiary/aromatic N) is 1.